The molecule has 1 atom stereocenters. The molecule has 6 heteroatoms. The maximum absolute atomic E-state index is 12.2. The lowest BCUT2D eigenvalue weighted by atomic mass is 9.85. The molecule has 0 saturated heterocycles. The number of ether oxygens (including phenoxy) is 1. The molecule has 1 unspecified atom stereocenters. The summed E-state index contributed by atoms with van der Waals surface area (Å²) in [7, 11) is 1.77. The van der Waals surface area contributed by atoms with Gasteiger partial charge in [0.1, 0.15) is 0 Å². The predicted molar refractivity (Wildman–Crippen MR) is 105 cm³/mol. The van der Waals surface area contributed by atoms with E-state index in [2.05, 4.69) is 10.6 Å². The third-order valence-electron chi connectivity index (χ3n) is 5.33. The van der Waals surface area contributed by atoms with Gasteiger partial charge in [-0.1, -0.05) is 30.3 Å². The van der Waals surface area contributed by atoms with Gasteiger partial charge in [0.15, 0.2) is 0 Å². The van der Waals surface area contributed by atoms with E-state index >= 15 is 0 Å². The lowest BCUT2D eigenvalue weighted by Gasteiger charge is -2.27. The summed E-state index contributed by atoms with van der Waals surface area (Å²) in [5.74, 6) is -0.203. The standard InChI is InChI=1S/C21H32N2O4/c1-27-19-10-7-16(8-11-19)13-14-22-21(26)23-18(9-12-20(24)25)15-17-5-3-2-4-6-17/h2-6,16,18-19H,7-15H2,1H3,(H,24,25)(H2,22,23,26). The number of carbonyl (C=O) groups excluding carboxylic acids is 1. The maximum atomic E-state index is 12.2. The summed E-state index contributed by atoms with van der Waals surface area (Å²) in [6.45, 7) is 0.644. The first-order valence-corrected chi connectivity index (χ1v) is 9.89. The van der Waals surface area contributed by atoms with Crippen LogP contribution >= 0.6 is 0 Å². The smallest absolute Gasteiger partial charge is 0.315 e. The molecule has 0 heterocycles. The molecule has 1 aromatic rings. The van der Waals surface area contributed by atoms with E-state index in [1.54, 1.807) is 7.11 Å². The molecule has 0 radical (unpaired) electrons. The van der Waals surface area contributed by atoms with E-state index in [4.69, 9.17) is 9.84 Å². The number of amides is 2. The molecule has 1 fully saturated rings. The van der Waals surface area contributed by atoms with Gasteiger partial charge in [-0.3, -0.25) is 4.79 Å². The highest BCUT2D eigenvalue weighted by molar-refractivity contribution is 5.74. The second-order valence-electron chi connectivity index (χ2n) is 7.39. The van der Waals surface area contributed by atoms with Crippen LogP contribution in [-0.2, 0) is 16.0 Å². The highest BCUT2D eigenvalue weighted by atomic mass is 16.5. The number of nitrogens with one attached hydrogen (secondary N) is 2. The molecule has 1 saturated carbocycles. The second kappa shape index (κ2) is 11.6. The molecule has 150 valence electrons. The topological polar surface area (TPSA) is 87.7 Å². The van der Waals surface area contributed by atoms with Crippen molar-refractivity contribution in [2.45, 2.75) is 63.5 Å². The van der Waals surface area contributed by atoms with Gasteiger partial charge in [0, 0.05) is 26.1 Å². The van der Waals surface area contributed by atoms with Crippen molar-refractivity contribution in [3.8, 4) is 0 Å². The Morgan fingerprint density at radius 2 is 1.89 bits per heavy atom. The van der Waals surface area contributed by atoms with Crippen LogP contribution in [0.3, 0.4) is 0 Å². The monoisotopic (exact) mass is 376 g/mol. The molecule has 1 aliphatic rings. The van der Waals surface area contributed by atoms with E-state index in [1.165, 1.54) is 0 Å². The fourth-order valence-electron chi connectivity index (χ4n) is 3.70. The molecule has 3 N–H and O–H groups in total. The molecule has 0 aliphatic heterocycles. The molecular formula is C21H32N2O4. The summed E-state index contributed by atoms with van der Waals surface area (Å²) in [6.07, 6.45) is 6.95. The minimum absolute atomic E-state index is 0.0422. The summed E-state index contributed by atoms with van der Waals surface area (Å²) >= 11 is 0. The molecule has 0 aromatic heterocycles. The van der Waals surface area contributed by atoms with Gasteiger partial charge in [0.05, 0.1) is 6.10 Å². The highest BCUT2D eigenvalue weighted by Gasteiger charge is 2.21. The number of urea groups is 1. The molecule has 2 rings (SSSR count). The Labute approximate surface area is 161 Å². The Morgan fingerprint density at radius 1 is 1.19 bits per heavy atom. The maximum Gasteiger partial charge on any atom is 0.315 e. The van der Waals surface area contributed by atoms with Crippen molar-refractivity contribution in [3.05, 3.63) is 35.9 Å². The molecule has 1 aromatic carbocycles. The van der Waals surface area contributed by atoms with Crippen LogP contribution in [-0.4, -0.2) is 42.9 Å². The summed E-state index contributed by atoms with van der Waals surface area (Å²) in [5.41, 5.74) is 1.09. The van der Waals surface area contributed by atoms with E-state index in [-0.39, 0.29) is 18.5 Å². The number of hydrogen-bond donors (Lipinski definition) is 3. The van der Waals surface area contributed by atoms with Crippen molar-refractivity contribution in [1.29, 1.82) is 0 Å². The minimum atomic E-state index is -0.845. The Kier molecular flexibility index (Phi) is 9.11. The Balaban J connectivity index is 1.72. The van der Waals surface area contributed by atoms with Gasteiger partial charge < -0.3 is 20.5 Å². The molecule has 2 amide bonds. The van der Waals surface area contributed by atoms with Crippen molar-refractivity contribution in [2.24, 2.45) is 5.92 Å². The van der Waals surface area contributed by atoms with Gasteiger partial charge in [-0.15, -0.1) is 0 Å². The van der Waals surface area contributed by atoms with Crippen molar-refractivity contribution >= 4 is 12.0 Å². The predicted octanol–water partition coefficient (Wildman–Crippen LogP) is 3.36. The fourth-order valence-corrected chi connectivity index (χ4v) is 3.70. The van der Waals surface area contributed by atoms with Gasteiger partial charge in [0.2, 0.25) is 0 Å². The van der Waals surface area contributed by atoms with Crippen molar-refractivity contribution < 1.29 is 19.4 Å². The lowest BCUT2D eigenvalue weighted by Crippen LogP contribution is -2.44. The number of aliphatic carboxylic acids is 1. The summed E-state index contributed by atoms with van der Waals surface area (Å²) in [5, 5.41) is 14.8. The summed E-state index contributed by atoms with van der Waals surface area (Å²) < 4.78 is 5.39. The van der Waals surface area contributed by atoms with Gasteiger partial charge >= 0.3 is 12.0 Å². The number of methoxy groups -OCH3 is 1. The van der Waals surface area contributed by atoms with Gasteiger partial charge in [-0.2, -0.15) is 0 Å². The number of benzene rings is 1. The normalized spacial score (nSPS) is 20.6. The third-order valence-corrected chi connectivity index (χ3v) is 5.33. The first-order valence-electron chi connectivity index (χ1n) is 9.89. The van der Waals surface area contributed by atoms with Crippen LogP contribution in [0, 0.1) is 5.92 Å². The van der Waals surface area contributed by atoms with Gasteiger partial charge in [-0.05, 0) is 56.4 Å². The zero-order valence-electron chi connectivity index (χ0n) is 16.2. The SMILES string of the molecule is COC1CCC(CCNC(=O)NC(CCC(=O)O)Cc2ccccc2)CC1. The lowest BCUT2D eigenvalue weighted by molar-refractivity contribution is -0.137. The molecule has 6 nitrogen and oxygen atoms in total. The van der Waals surface area contributed by atoms with Crippen molar-refractivity contribution in [1.82, 2.24) is 10.6 Å². The highest BCUT2D eigenvalue weighted by Crippen LogP contribution is 2.27. The Morgan fingerprint density at radius 3 is 2.52 bits per heavy atom. The third kappa shape index (κ3) is 8.43. The van der Waals surface area contributed by atoms with E-state index in [0.717, 1.165) is 37.7 Å². The number of carboxylic acid groups (broad SMARTS) is 1. The second-order valence-corrected chi connectivity index (χ2v) is 7.39. The van der Waals surface area contributed by atoms with Crippen LogP contribution in [0.1, 0.15) is 50.5 Å². The van der Waals surface area contributed by atoms with Crippen LogP contribution in [0.5, 0.6) is 0 Å². The van der Waals surface area contributed by atoms with Crippen LogP contribution in [0.4, 0.5) is 4.79 Å². The van der Waals surface area contributed by atoms with Crippen LogP contribution in [0.25, 0.3) is 0 Å². The summed E-state index contributed by atoms with van der Waals surface area (Å²) in [6, 6.07) is 9.40. The van der Waals surface area contributed by atoms with Gasteiger partial charge in [0.25, 0.3) is 0 Å². The fraction of sp³-hybridized carbons (Fsp3) is 0.619. The number of rotatable bonds is 10. The van der Waals surface area contributed by atoms with Crippen LogP contribution in [0.15, 0.2) is 30.3 Å². The van der Waals surface area contributed by atoms with E-state index < -0.39 is 5.97 Å². The first kappa shape index (κ1) is 21.2. The minimum Gasteiger partial charge on any atom is -0.481 e. The molecular weight excluding hydrogens is 344 g/mol. The molecule has 27 heavy (non-hydrogen) atoms. The van der Waals surface area contributed by atoms with E-state index in [9.17, 15) is 9.59 Å². The average Bonchev–Trinajstić information content (AvgIpc) is 2.67. The van der Waals surface area contributed by atoms with E-state index in [1.807, 2.05) is 30.3 Å². The van der Waals surface area contributed by atoms with Crippen LogP contribution in [0.2, 0.25) is 0 Å². The zero-order valence-corrected chi connectivity index (χ0v) is 16.2. The molecule has 0 spiro atoms. The number of carbonyl (C=O) groups is 2. The zero-order chi connectivity index (χ0) is 19.5. The van der Waals surface area contributed by atoms with Crippen molar-refractivity contribution in [3.63, 3.8) is 0 Å². The Hall–Kier alpha value is -2.08. The van der Waals surface area contributed by atoms with Crippen molar-refractivity contribution in [2.75, 3.05) is 13.7 Å². The Bertz CT molecular complexity index is 571. The van der Waals surface area contributed by atoms with Crippen LogP contribution < -0.4 is 10.6 Å². The van der Waals surface area contributed by atoms with E-state index in [0.29, 0.717) is 31.4 Å². The van der Waals surface area contributed by atoms with Gasteiger partial charge in [-0.25, -0.2) is 4.79 Å². The summed E-state index contributed by atoms with van der Waals surface area (Å²) in [4.78, 5) is 23.1. The number of carboxylic acids is 1. The molecule has 1 aliphatic carbocycles. The quantitative estimate of drug-likeness (QED) is 0.584. The molecule has 0 bridgehead atoms. The largest absolute Gasteiger partial charge is 0.481 e. The first-order chi connectivity index (χ1) is 13.1. The average molecular weight is 376 g/mol. The number of hydrogen-bond acceptors (Lipinski definition) is 3.